The molecule has 2 aromatic carbocycles. The molecule has 0 amide bonds. The summed E-state index contributed by atoms with van der Waals surface area (Å²) in [4.78, 5) is 22.4. The topological polar surface area (TPSA) is 84.1 Å². The number of benzene rings is 2. The van der Waals surface area contributed by atoms with Crippen LogP contribution in [0.25, 0.3) is 38.6 Å². The molecule has 0 radical (unpaired) electrons. The highest BCUT2D eigenvalue weighted by Crippen LogP contribution is 2.28. The van der Waals surface area contributed by atoms with Crippen molar-refractivity contribution in [3.8, 4) is 28.6 Å². The third-order valence-corrected chi connectivity index (χ3v) is 5.25. The number of hydrogen-bond acceptors (Lipinski definition) is 6. The van der Waals surface area contributed by atoms with Crippen LogP contribution in [-0.4, -0.2) is 37.5 Å². The summed E-state index contributed by atoms with van der Waals surface area (Å²) in [5, 5.41) is 5.86. The van der Waals surface area contributed by atoms with Gasteiger partial charge in [0.1, 0.15) is 5.75 Å². The predicted molar refractivity (Wildman–Crippen MR) is 123 cm³/mol. The summed E-state index contributed by atoms with van der Waals surface area (Å²) < 4.78 is 38.2. The average molecular weight is 463 g/mol. The summed E-state index contributed by atoms with van der Waals surface area (Å²) in [6.45, 7) is -0.768. The SMILES string of the molecule is CCOc1ncc2cn(-c3ccc4nn(C)cc4c3)c(=O)c(-c3ccc(OC(F)F)cc3)c2n1. The van der Waals surface area contributed by atoms with Crippen molar-refractivity contribution in [2.75, 3.05) is 6.61 Å². The van der Waals surface area contributed by atoms with Gasteiger partial charge in [-0.15, -0.1) is 0 Å². The second kappa shape index (κ2) is 8.54. The summed E-state index contributed by atoms with van der Waals surface area (Å²) in [5.74, 6) is -0.00836. The van der Waals surface area contributed by atoms with Crippen LogP contribution in [0.3, 0.4) is 0 Å². The number of hydrogen-bond donors (Lipinski definition) is 0. The molecule has 0 aliphatic carbocycles. The number of pyridine rings is 1. The molecule has 5 aromatic rings. The lowest BCUT2D eigenvalue weighted by Crippen LogP contribution is -2.20. The highest BCUT2D eigenvalue weighted by Gasteiger charge is 2.17. The van der Waals surface area contributed by atoms with E-state index >= 15 is 0 Å². The smallest absolute Gasteiger partial charge is 0.387 e. The Morgan fingerprint density at radius 3 is 2.59 bits per heavy atom. The van der Waals surface area contributed by atoms with Crippen LogP contribution < -0.4 is 15.0 Å². The summed E-state index contributed by atoms with van der Waals surface area (Å²) in [6.07, 6.45) is 5.12. The fraction of sp³-hybridized carbons (Fsp3) is 0.167. The zero-order valence-corrected chi connectivity index (χ0v) is 18.3. The quantitative estimate of drug-likeness (QED) is 0.373. The van der Waals surface area contributed by atoms with Gasteiger partial charge in [-0.05, 0) is 42.8 Å². The largest absolute Gasteiger partial charge is 0.464 e. The van der Waals surface area contributed by atoms with Crippen molar-refractivity contribution in [1.82, 2.24) is 24.3 Å². The average Bonchev–Trinajstić information content (AvgIpc) is 3.18. The normalized spacial score (nSPS) is 11.4. The zero-order chi connectivity index (χ0) is 23.8. The second-order valence-corrected chi connectivity index (χ2v) is 7.52. The molecular formula is C24H19F2N5O3. The van der Waals surface area contributed by atoms with Gasteiger partial charge in [-0.3, -0.25) is 14.0 Å². The molecule has 0 atom stereocenters. The van der Waals surface area contributed by atoms with Gasteiger partial charge in [-0.25, -0.2) is 4.98 Å². The number of aromatic nitrogens is 5. The summed E-state index contributed by atoms with van der Waals surface area (Å²) in [5.41, 5.74) is 2.29. The minimum atomic E-state index is -2.94. The number of fused-ring (bicyclic) bond motifs is 2. The van der Waals surface area contributed by atoms with E-state index in [1.54, 1.807) is 35.3 Å². The van der Waals surface area contributed by atoms with Crippen molar-refractivity contribution < 1.29 is 18.3 Å². The molecular weight excluding hydrogens is 444 g/mol. The van der Waals surface area contributed by atoms with Crippen molar-refractivity contribution in [3.05, 3.63) is 71.4 Å². The maximum atomic E-state index is 13.7. The first-order chi connectivity index (χ1) is 16.4. The molecule has 0 fully saturated rings. The van der Waals surface area contributed by atoms with Gasteiger partial charge in [0.15, 0.2) is 0 Å². The van der Waals surface area contributed by atoms with Crippen molar-refractivity contribution in [2.24, 2.45) is 7.05 Å². The van der Waals surface area contributed by atoms with Crippen molar-refractivity contribution in [2.45, 2.75) is 13.5 Å². The Morgan fingerprint density at radius 2 is 1.85 bits per heavy atom. The van der Waals surface area contributed by atoms with Gasteiger partial charge in [0.05, 0.1) is 23.2 Å². The first-order valence-electron chi connectivity index (χ1n) is 10.5. The molecule has 0 N–H and O–H groups in total. The van der Waals surface area contributed by atoms with Crippen molar-refractivity contribution in [1.29, 1.82) is 0 Å². The highest BCUT2D eigenvalue weighted by atomic mass is 19.3. The van der Waals surface area contributed by atoms with E-state index in [4.69, 9.17) is 4.74 Å². The monoisotopic (exact) mass is 463 g/mol. The van der Waals surface area contributed by atoms with Gasteiger partial charge >= 0.3 is 12.6 Å². The number of alkyl halides is 2. The van der Waals surface area contributed by atoms with Crippen LogP contribution in [-0.2, 0) is 7.05 Å². The molecule has 172 valence electrons. The molecule has 8 nitrogen and oxygen atoms in total. The Kier molecular flexibility index (Phi) is 5.40. The minimum Gasteiger partial charge on any atom is -0.464 e. The fourth-order valence-electron chi connectivity index (χ4n) is 3.83. The van der Waals surface area contributed by atoms with E-state index in [1.165, 1.54) is 16.7 Å². The van der Waals surface area contributed by atoms with Gasteiger partial charge in [-0.2, -0.15) is 18.9 Å². The Balaban J connectivity index is 1.74. The van der Waals surface area contributed by atoms with E-state index in [9.17, 15) is 13.6 Å². The first-order valence-corrected chi connectivity index (χ1v) is 10.5. The summed E-state index contributed by atoms with van der Waals surface area (Å²) in [7, 11) is 1.83. The Bertz CT molecular complexity index is 1560. The number of ether oxygens (including phenoxy) is 2. The molecule has 3 aromatic heterocycles. The molecule has 10 heteroatoms. The standard InChI is InChI=1S/C24H19F2N5O3/c1-3-33-24-27-11-16-13-31(17-6-9-19-15(10-17)12-30(2)29-19)22(32)20(21(16)28-24)14-4-7-18(8-5-14)34-23(25)26/h4-13,23H,3H2,1-2H3. The molecule has 0 saturated heterocycles. The van der Waals surface area contributed by atoms with Crippen LogP contribution in [0.15, 0.2) is 65.8 Å². The third kappa shape index (κ3) is 3.94. The molecule has 34 heavy (non-hydrogen) atoms. The molecule has 3 heterocycles. The fourth-order valence-corrected chi connectivity index (χ4v) is 3.83. The number of nitrogens with zero attached hydrogens (tertiary/aromatic N) is 5. The van der Waals surface area contributed by atoms with Gasteiger partial charge < -0.3 is 9.47 Å². The van der Waals surface area contributed by atoms with E-state index in [2.05, 4.69) is 19.8 Å². The second-order valence-electron chi connectivity index (χ2n) is 7.52. The maximum Gasteiger partial charge on any atom is 0.387 e. The first kappa shape index (κ1) is 21.5. The molecule has 0 unspecified atom stereocenters. The number of aryl methyl sites for hydroxylation is 1. The maximum absolute atomic E-state index is 13.7. The Morgan fingerprint density at radius 1 is 1.06 bits per heavy atom. The van der Waals surface area contributed by atoms with Gasteiger partial charge in [0.25, 0.3) is 5.56 Å². The van der Waals surface area contributed by atoms with Crippen LogP contribution >= 0.6 is 0 Å². The van der Waals surface area contributed by atoms with E-state index < -0.39 is 6.61 Å². The lowest BCUT2D eigenvalue weighted by Gasteiger charge is -2.13. The van der Waals surface area contributed by atoms with Gasteiger partial charge in [0, 0.05) is 42.1 Å². The molecule has 5 rings (SSSR count). The van der Waals surface area contributed by atoms with E-state index in [-0.39, 0.29) is 22.9 Å². The summed E-state index contributed by atoms with van der Waals surface area (Å²) in [6, 6.07) is 11.5. The van der Waals surface area contributed by atoms with Gasteiger partial charge in [-0.1, -0.05) is 12.1 Å². The highest BCUT2D eigenvalue weighted by molar-refractivity contribution is 5.93. The number of rotatable bonds is 6. The van der Waals surface area contributed by atoms with Crippen molar-refractivity contribution >= 4 is 21.8 Å². The van der Waals surface area contributed by atoms with Crippen LogP contribution in [0, 0.1) is 0 Å². The van der Waals surface area contributed by atoms with Crippen LogP contribution in [0.1, 0.15) is 6.92 Å². The number of halogens is 2. The molecule has 0 aliphatic rings. The molecule has 0 spiro atoms. The van der Waals surface area contributed by atoms with Gasteiger partial charge in [0.2, 0.25) is 0 Å². The third-order valence-electron chi connectivity index (χ3n) is 5.25. The predicted octanol–water partition coefficient (Wildman–Crippen LogP) is 4.33. The Hall–Kier alpha value is -4.34. The van der Waals surface area contributed by atoms with Crippen molar-refractivity contribution in [3.63, 3.8) is 0 Å². The Labute approximate surface area is 192 Å². The van der Waals surface area contributed by atoms with E-state index in [0.717, 1.165) is 10.9 Å². The molecule has 0 aliphatic heterocycles. The molecule has 0 saturated carbocycles. The van der Waals surface area contributed by atoms with Crippen LogP contribution in [0.5, 0.6) is 11.8 Å². The van der Waals surface area contributed by atoms with E-state index in [1.807, 2.05) is 32.3 Å². The van der Waals surface area contributed by atoms with E-state index in [0.29, 0.717) is 28.8 Å². The lowest BCUT2D eigenvalue weighted by atomic mass is 10.0. The zero-order valence-electron chi connectivity index (χ0n) is 18.3. The minimum absolute atomic E-state index is 0.00836. The van der Waals surface area contributed by atoms with Crippen LogP contribution in [0.2, 0.25) is 0 Å². The molecule has 0 bridgehead atoms. The summed E-state index contributed by atoms with van der Waals surface area (Å²) >= 11 is 0. The van der Waals surface area contributed by atoms with Crippen LogP contribution in [0.4, 0.5) is 8.78 Å². The lowest BCUT2D eigenvalue weighted by molar-refractivity contribution is -0.0498.